The van der Waals surface area contributed by atoms with Crippen molar-refractivity contribution in [2.45, 2.75) is 20.0 Å². The highest BCUT2D eigenvalue weighted by molar-refractivity contribution is 5.94. The predicted molar refractivity (Wildman–Crippen MR) is 161 cm³/mol. The molecule has 10 nitrogen and oxygen atoms in total. The van der Waals surface area contributed by atoms with Gasteiger partial charge in [0, 0.05) is 37.3 Å². The average molecular weight is 574 g/mol. The number of halogens is 1. The summed E-state index contributed by atoms with van der Waals surface area (Å²) in [5.41, 5.74) is 3.40. The van der Waals surface area contributed by atoms with Crippen LogP contribution in [-0.2, 0) is 22.6 Å². The SMILES string of the molecule is Cc1ccc(CNc2nc(NCCOCCOCCNC(=O)c3ccccc3)nc(NCc3ccccc3F)n2)cc1. The number of carbonyl (C=O) groups excluding carboxylic acids is 1. The Morgan fingerprint density at radius 3 is 1.98 bits per heavy atom. The molecule has 11 heteroatoms. The van der Waals surface area contributed by atoms with Gasteiger partial charge in [-0.3, -0.25) is 4.79 Å². The summed E-state index contributed by atoms with van der Waals surface area (Å²) in [4.78, 5) is 25.4. The molecule has 1 heterocycles. The molecule has 42 heavy (non-hydrogen) atoms. The van der Waals surface area contributed by atoms with Crippen molar-refractivity contribution in [1.82, 2.24) is 20.3 Å². The van der Waals surface area contributed by atoms with Crippen LogP contribution in [0.3, 0.4) is 0 Å². The lowest BCUT2D eigenvalue weighted by molar-refractivity contribution is 0.0519. The minimum atomic E-state index is -0.298. The van der Waals surface area contributed by atoms with Gasteiger partial charge in [-0.05, 0) is 30.7 Å². The number of rotatable bonds is 17. The van der Waals surface area contributed by atoms with E-state index in [1.54, 1.807) is 30.3 Å². The third kappa shape index (κ3) is 10.4. The van der Waals surface area contributed by atoms with Gasteiger partial charge in [-0.2, -0.15) is 15.0 Å². The first-order valence-electron chi connectivity index (χ1n) is 13.8. The monoisotopic (exact) mass is 573 g/mol. The van der Waals surface area contributed by atoms with Gasteiger partial charge in [0.1, 0.15) is 5.82 Å². The van der Waals surface area contributed by atoms with Crippen molar-refractivity contribution in [2.75, 3.05) is 55.5 Å². The highest BCUT2D eigenvalue weighted by Crippen LogP contribution is 2.14. The first-order chi connectivity index (χ1) is 20.6. The highest BCUT2D eigenvalue weighted by atomic mass is 19.1. The van der Waals surface area contributed by atoms with Crippen molar-refractivity contribution < 1.29 is 18.7 Å². The third-order valence-electron chi connectivity index (χ3n) is 6.07. The number of amides is 1. The summed E-state index contributed by atoms with van der Waals surface area (Å²) in [6.07, 6.45) is 0. The molecule has 4 aromatic rings. The van der Waals surface area contributed by atoms with E-state index in [0.29, 0.717) is 75.0 Å². The van der Waals surface area contributed by atoms with E-state index in [0.717, 1.165) is 5.56 Å². The molecular formula is C31H36FN7O3. The van der Waals surface area contributed by atoms with Crippen molar-refractivity contribution in [3.05, 3.63) is 107 Å². The molecular weight excluding hydrogens is 537 g/mol. The first kappa shape index (κ1) is 30.4. The fourth-order valence-corrected chi connectivity index (χ4v) is 3.80. The second-order valence-corrected chi connectivity index (χ2v) is 9.36. The lowest BCUT2D eigenvalue weighted by Crippen LogP contribution is -2.27. The van der Waals surface area contributed by atoms with Crippen LogP contribution >= 0.6 is 0 Å². The quantitative estimate of drug-likeness (QED) is 0.136. The summed E-state index contributed by atoms with van der Waals surface area (Å²) in [6, 6.07) is 23.8. The van der Waals surface area contributed by atoms with E-state index in [9.17, 15) is 9.18 Å². The molecule has 4 N–H and O–H groups in total. The molecule has 220 valence electrons. The Labute approximate surface area is 245 Å². The number of benzene rings is 3. The molecule has 0 unspecified atom stereocenters. The topological polar surface area (TPSA) is 122 Å². The van der Waals surface area contributed by atoms with Crippen LogP contribution in [0.5, 0.6) is 0 Å². The lowest BCUT2D eigenvalue weighted by atomic mass is 10.1. The van der Waals surface area contributed by atoms with Gasteiger partial charge in [0.05, 0.1) is 26.4 Å². The van der Waals surface area contributed by atoms with Gasteiger partial charge >= 0.3 is 0 Å². The smallest absolute Gasteiger partial charge is 0.251 e. The zero-order chi connectivity index (χ0) is 29.4. The van der Waals surface area contributed by atoms with Gasteiger partial charge in [-0.1, -0.05) is 66.2 Å². The van der Waals surface area contributed by atoms with Crippen molar-refractivity contribution in [1.29, 1.82) is 0 Å². The fourth-order valence-electron chi connectivity index (χ4n) is 3.80. The standard InChI is InChI=1S/C31H36FN7O3/c1-23-11-13-24(14-12-23)21-35-30-37-29(38-31(39-30)36-22-26-9-5-6-10-27(26)32)34-16-18-42-20-19-41-17-15-33-28(40)25-7-3-2-4-8-25/h2-14H,15-22H2,1H3,(H,33,40)(H3,34,35,36,37,38,39). The molecule has 0 aliphatic carbocycles. The van der Waals surface area contributed by atoms with Gasteiger partial charge in [0.25, 0.3) is 5.91 Å². The molecule has 1 aromatic heterocycles. The minimum Gasteiger partial charge on any atom is -0.377 e. The molecule has 0 spiro atoms. The van der Waals surface area contributed by atoms with Crippen molar-refractivity contribution >= 4 is 23.8 Å². The van der Waals surface area contributed by atoms with Gasteiger partial charge in [-0.25, -0.2) is 4.39 Å². The number of aromatic nitrogens is 3. The lowest BCUT2D eigenvalue weighted by Gasteiger charge is -2.12. The molecule has 0 saturated carbocycles. The Kier molecular flexibility index (Phi) is 12.0. The van der Waals surface area contributed by atoms with Crippen molar-refractivity contribution in [2.24, 2.45) is 0 Å². The van der Waals surface area contributed by atoms with Crippen LogP contribution in [0, 0.1) is 12.7 Å². The maximum Gasteiger partial charge on any atom is 0.251 e. The number of ether oxygens (including phenoxy) is 2. The number of nitrogens with zero attached hydrogens (tertiary/aromatic N) is 3. The Bertz CT molecular complexity index is 1390. The van der Waals surface area contributed by atoms with Crippen LogP contribution in [0.15, 0.2) is 78.9 Å². The zero-order valence-electron chi connectivity index (χ0n) is 23.6. The van der Waals surface area contributed by atoms with E-state index in [2.05, 4.69) is 36.2 Å². The Morgan fingerprint density at radius 1 is 0.690 bits per heavy atom. The minimum absolute atomic E-state index is 0.126. The first-order valence-corrected chi connectivity index (χ1v) is 13.8. The molecule has 1 amide bonds. The van der Waals surface area contributed by atoms with Crippen LogP contribution in [0.4, 0.5) is 22.2 Å². The normalized spacial score (nSPS) is 10.7. The molecule has 0 fully saturated rings. The number of nitrogens with one attached hydrogen (secondary N) is 4. The largest absolute Gasteiger partial charge is 0.377 e. The molecule has 3 aromatic carbocycles. The Balaban J connectivity index is 1.19. The van der Waals surface area contributed by atoms with E-state index in [4.69, 9.17) is 9.47 Å². The summed E-state index contributed by atoms with van der Waals surface area (Å²) in [7, 11) is 0. The molecule has 0 radical (unpaired) electrons. The molecule has 0 atom stereocenters. The summed E-state index contributed by atoms with van der Waals surface area (Å²) in [5.74, 6) is 0.641. The summed E-state index contributed by atoms with van der Waals surface area (Å²) in [5, 5.41) is 12.3. The number of aryl methyl sites for hydroxylation is 1. The second-order valence-electron chi connectivity index (χ2n) is 9.36. The number of carbonyl (C=O) groups is 1. The zero-order valence-corrected chi connectivity index (χ0v) is 23.6. The van der Waals surface area contributed by atoms with E-state index in [1.807, 2.05) is 49.4 Å². The Hall–Kier alpha value is -4.61. The summed E-state index contributed by atoms with van der Waals surface area (Å²) >= 11 is 0. The number of anilines is 3. The third-order valence-corrected chi connectivity index (χ3v) is 6.07. The van der Waals surface area contributed by atoms with Crippen LogP contribution in [-0.4, -0.2) is 60.4 Å². The van der Waals surface area contributed by atoms with Gasteiger partial charge < -0.3 is 30.7 Å². The van der Waals surface area contributed by atoms with Gasteiger partial charge in [-0.15, -0.1) is 0 Å². The highest BCUT2D eigenvalue weighted by Gasteiger charge is 2.09. The van der Waals surface area contributed by atoms with E-state index < -0.39 is 0 Å². The molecule has 0 bridgehead atoms. The molecule has 4 rings (SSSR count). The maximum atomic E-state index is 14.1. The van der Waals surface area contributed by atoms with E-state index in [-0.39, 0.29) is 18.3 Å². The molecule has 0 aliphatic heterocycles. The van der Waals surface area contributed by atoms with E-state index in [1.165, 1.54) is 11.6 Å². The fraction of sp³-hybridized carbons (Fsp3) is 0.290. The van der Waals surface area contributed by atoms with Crippen molar-refractivity contribution in [3.63, 3.8) is 0 Å². The van der Waals surface area contributed by atoms with Crippen LogP contribution < -0.4 is 21.3 Å². The van der Waals surface area contributed by atoms with Crippen LogP contribution in [0.1, 0.15) is 27.0 Å². The van der Waals surface area contributed by atoms with Gasteiger partial charge in [0.15, 0.2) is 0 Å². The van der Waals surface area contributed by atoms with Crippen molar-refractivity contribution in [3.8, 4) is 0 Å². The number of hydrogen-bond acceptors (Lipinski definition) is 9. The Morgan fingerprint density at radius 2 is 1.29 bits per heavy atom. The van der Waals surface area contributed by atoms with Crippen LogP contribution in [0.25, 0.3) is 0 Å². The van der Waals surface area contributed by atoms with Gasteiger partial charge in [0.2, 0.25) is 17.8 Å². The molecule has 0 saturated heterocycles. The summed E-state index contributed by atoms with van der Waals surface area (Å²) in [6.45, 7) is 5.30. The second kappa shape index (κ2) is 16.6. The molecule has 0 aliphatic rings. The number of hydrogen-bond donors (Lipinski definition) is 4. The maximum absolute atomic E-state index is 14.1. The van der Waals surface area contributed by atoms with Crippen LogP contribution in [0.2, 0.25) is 0 Å². The predicted octanol–water partition coefficient (Wildman–Crippen LogP) is 4.42. The summed E-state index contributed by atoms with van der Waals surface area (Å²) < 4.78 is 25.2. The average Bonchev–Trinajstić information content (AvgIpc) is 3.01. The van der Waals surface area contributed by atoms with E-state index >= 15 is 0 Å².